The van der Waals surface area contributed by atoms with Crippen molar-refractivity contribution >= 4 is 11.8 Å². The van der Waals surface area contributed by atoms with Crippen molar-refractivity contribution in [3.63, 3.8) is 0 Å². The molecule has 1 atom stereocenters. The second-order valence-corrected chi connectivity index (χ2v) is 7.02. The van der Waals surface area contributed by atoms with Gasteiger partial charge in [-0.15, -0.1) is 0 Å². The Bertz CT molecular complexity index is 782. The number of alkyl halides is 3. The molecule has 0 aromatic heterocycles. The number of carbonyl (C=O) groups excluding carboxylic acids is 2. The van der Waals surface area contributed by atoms with Crippen LogP contribution in [-0.4, -0.2) is 78.0 Å². The van der Waals surface area contributed by atoms with Crippen LogP contribution in [0, 0.1) is 11.3 Å². The Morgan fingerprint density at radius 1 is 1.14 bits per heavy atom. The molecule has 0 aliphatic carbocycles. The van der Waals surface area contributed by atoms with Gasteiger partial charge in [0.2, 0.25) is 5.91 Å². The largest absolute Gasteiger partial charge is 0.406 e. The highest BCUT2D eigenvalue weighted by molar-refractivity contribution is 5.96. The van der Waals surface area contributed by atoms with Crippen LogP contribution in [0.5, 0.6) is 0 Å². The average molecular weight is 394 g/mol. The summed E-state index contributed by atoms with van der Waals surface area (Å²) in [4.78, 5) is 29.6. The summed E-state index contributed by atoms with van der Waals surface area (Å²) in [5.74, 6) is -0.733. The van der Waals surface area contributed by atoms with Crippen LogP contribution in [0.15, 0.2) is 24.3 Å². The van der Waals surface area contributed by atoms with Gasteiger partial charge in [-0.2, -0.15) is 18.4 Å². The lowest BCUT2D eigenvalue weighted by atomic mass is 10.0. The number of nitriles is 1. The van der Waals surface area contributed by atoms with Gasteiger partial charge in [0.25, 0.3) is 5.91 Å². The standard InChI is InChI=1S/C19H21F3N4O2/c20-19(21,22)13-26-7-3-6-16(18(26)28)24-8-10-25(11-9-24)17(27)15-5-2-1-4-14(15)12-23/h1-2,4-5,16H,3,6-11,13H2/t16-/m0/s1. The summed E-state index contributed by atoms with van der Waals surface area (Å²) < 4.78 is 38.0. The van der Waals surface area contributed by atoms with Crippen LogP contribution in [0.1, 0.15) is 28.8 Å². The number of halogens is 3. The zero-order valence-electron chi connectivity index (χ0n) is 15.3. The van der Waals surface area contributed by atoms with E-state index in [0.29, 0.717) is 50.1 Å². The molecule has 2 heterocycles. The van der Waals surface area contributed by atoms with Crippen molar-refractivity contribution in [2.75, 3.05) is 39.3 Å². The molecule has 0 radical (unpaired) electrons. The lowest BCUT2D eigenvalue weighted by Crippen LogP contribution is -2.59. The maximum atomic E-state index is 12.7. The van der Waals surface area contributed by atoms with Crippen molar-refractivity contribution in [1.29, 1.82) is 5.26 Å². The molecule has 0 spiro atoms. The van der Waals surface area contributed by atoms with Crippen molar-refractivity contribution in [3.05, 3.63) is 35.4 Å². The number of piperazine rings is 1. The highest BCUT2D eigenvalue weighted by atomic mass is 19.4. The van der Waals surface area contributed by atoms with Crippen molar-refractivity contribution in [3.8, 4) is 6.07 Å². The molecule has 2 aliphatic heterocycles. The predicted octanol–water partition coefficient (Wildman–Crippen LogP) is 1.87. The number of likely N-dealkylation sites (tertiary alicyclic amines) is 1. The first-order chi connectivity index (χ1) is 13.3. The summed E-state index contributed by atoms with van der Waals surface area (Å²) >= 11 is 0. The number of piperidine rings is 1. The lowest BCUT2D eigenvalue weighted by Gasteiger charge is -2.42. The van der Waals surface area contributed by atoms with Crippen molar-refractivity contribution in [2.24, 2.45) is 0 Å². The molecule has 2 aliphatic rings. The van der Waals surface area contributed by atoms with Crippen LogP contribution in [-0.2, 0) is 4.79 Å². The third kappa shape index (κ3) is 4.44. The Morgan fingerprint density at radius 2 is 1.82 bits per heavy atom. The summed E-state index contributed by atoms with van der Waals surface area (Å²) in [7, 11) is 0. The van der Waals surface area contributed by atoms with E-state index in [1.165, 1.54) is 0 Å². The first-order valence-corrected chi connectivity index (χ1v) is 9.18. The van der Waals surface area contributed by atoms with Gasteiger partial charge in [-0.3, -0.25) is 14.5 Å². The number of hydrogen-bond donors (Lipinski definition) is 0. The first kappa shape index (κ1) is 20.1. The molecule has 1 aromatic carbocycles. The summed E-state index contributed by atoms with van der Waals surface area (Å²) in [6.45, 7) is 0.459. The van der Waals surface area contributed by atoms with Gasteiger partial charge in [-0.05, 0) is 25.0 Å². The number of hydrogen-bond acceptors (Lipinski definition) is 4. The van der Waals surface area contributed by atoms with Crippen molar-refractivity contribution in [1.82, 2.24) is 14.7 Å². The molecule has 3 rings (SSSR count). The number of carbonyl (C=O) groups is 2. The highest BCUT2D eigenvalue weighted by Crippen LogP contribution is 2.24. The molecule has 28 heavy (non-hydrogen) atoms. The van der Waals surface area contributed by atoms with Gasteiger partial charge in [0, 0.05) is 32.7 Å². The van der Waals surface area contributed by atoms with Crippen LogP contribution in [0.3, 0.4) is 0 Å². The molecule has 0 N–H and O–H groups in total. The van der Waals surface area contributed by atoms with Crippen LogP contribution in [0.2, 0.25) is 0 Å². The van der Waals surface area contributed by atoms with Gasteiger partial charge in [-0.25, -0.2) is 0 Å². The number of amides is 2. The van der Waals surface area contributed by atoms with Gasteiger partial charge < -0.3 is 9.80 Å². The van der Waals surface area contributed by atoms with E-state index >= 15 is 0 Å². The Kier molecular flexibility index (Phi) is 5.89. The summed E-state index contributed by atoms with van der Waals surface area (Å²) in [6, 6.07) is 8.01. The van der Waals surface area contributed by atoms with Crippen LogP contribution < -0.4 is 0 Å². The molecule has 0 bridgehead atoms. The van der Waals surface area contributed by atoms with Crippen LogP contribution >= 0.6 is 0 Å². The molecular formula is C19H21F3N4O2. The van der Waals surface area contributed by atoms with E-state index in [-0.39, 0.29) is 12.5 Å². The molecule has 0 saturated carbocycles. The van der Waals surface area contributed by atoms with Crippen LogP contribution in [0.25, 0.3) is 0 Å². The fourth-order valence-electron chi connectivity index (χ4n) is 3.81. The molecular weight excluding hydrogens is 373 g/mol. The molecule has 1 aromatic rings. The van der Waals surface area contributed by atoms with E-state index in [4.69, 9.17) is 5.26 Å². The third-order valence-electron chi connectivity index (χ3n) is 5.19. The Balaban J connectivity index is 1.61. The van der Waals surface area contributed by atoms with Gasteiger partial charge in [0.05, 0.1) is 23.2 Å². The third-order valence-corrected chi connectivity index (χ3v) is 5.19. The maximum Gasteiger partial charge on any atom is 0.406 e. The predicted molar refractivity (Wildman–Crippen MR) is 94.3 cm³/mol. The zero-order valence-corrected chi connectivity index (χ0v) is 15.3. The normalized spacial score (nSPS) is 21.5. The minimum Gasteiger partial charge on any atom is -0.336 e. The molecule has 6 nitrogen and oxygen atoms in total. The Labute approximate surface area is 161 Å². The molecule has 9 heteroatoms. The Hall–Kier alpha value is -2.60. The molecule has 0 unspecified atom stereocenters. The van der Waals surface area contributed by atoms with Gasteiger partial charge >= 0.3 is 6.18 Å². The SMILES string of the molecule is N#Cc1ccccc1C(=O)N1CCN([C@H]2CCCN(CC(F)(F)F)C2=O)CC1. The van der Waals surface area contributed by atoms with Gasteiger partial charge in [0.15, 0.2) is 0 Å². The topological polar surface area (TPSA) is 67.7 Å². The van der Waals surface area contributed by atoms with E-state index in [9.17, 15) is 22.8 Å². The highest BCUT2D eigenvalue weighted by Gasteiger charge is 2.40. The second-order valence-electron chi connectivity index (χ2n) is 7.02. The average Bonchev–Trinajstić information content (AvgIpc) is 2.68. The fourth-order valence-corrected chi connectivity index (χ4v) is 3.81. The van der Waals surface area contributed by atoms with E-state index in [0.717, 1.165) is 4.90 Å². The summed E-state index contributed by atoms with van der Waals surface area (Å²) in [5, 5.41) is 9.16. The molecule has 2 saturated heterocycles. The minimum atomic E-state index is -4.41. The zero-order chi connectivity index (χ0) is 20.3. The number of nitrogens with zero attached hydrogens (tertiary/aromatic N) is 4. The quantitative estimate of drug-likeness (QED) is 0.785. The second kappa shape index (κ2) is 8.19. The summed E-state index contributed by atoms with van der Waals surface area (Å²) in [6.07, 6.45) is -3.35. The first-order valence-electron chi connectivity index (χ1n) is 9.18. The molecule has 2 amide bonds. The molecule has 150 valence electrons. The maximum absolute atomic E-state index is 12.7. The van der Waals surface area contributed by atoms with Crippen molar-refractivity contribution < 1.29 is 22.8 Å². The molecule has 2 fully saturated rings. The van der Waals surface area contributed by atoms with Crippen molar-refractivity contribution in [2.45, 2.75) is 25.1 Å². The van der Waals surface area contributed by atoms with E-state index in [1.807, 2.05) is 11.0 Å². The summed E-state index contributed by atoms with van der Waals surface area (Å²) in [5.41, 5.74) is 0.642. The number of rotatable bonds is 3. The van der Waals surface area contributed by atoms with E-state index in [1.54, 1.807) is 29.2 Å². The fraction of sp³-hybridized carbons (Fsp3) is 0.526. The Morgan fingerprint density at radius 3 is 2.46 bits per heavy atom. The monoisotopic (exact) mass is 394 g/mol. The van der Waals surface area contributed by atoms with Gasteiger partial charge in [-0.1, -0.05) is 12.1 Å². The lowest BCUT2D eigenvalue weighted by molar-refractivity contribution is -0.168. The van der Waals surface area contributed by atoms with Crippen LogP contribution in [0.4, 0.5) is 13.2 Å². The van der Waals surface area contributed by atoms with E-state index < -0.39 is 24.7 Å². The van der Waals surface area contributed by atoms with E-state index in [2.05, 4.69) is 0 Å². The number of benzene rings is 1. The minimum absolute atomic E-state index is 0.123. The smallest absolute Gasteiger partial charge is 0.336 e. The van der Waals surface area contributed by atoms with Gasteiger partial charge in [0.1, 0.15) is 6.54 Å².